The van der Waals surface area contributed by atoms with Gasteiger partial charge < -0.3 is 14.5 Å². The van der Waals surface area contributed by atoms with Gasteiger partial charge in [0, 0.05) is 45.4 Å². The molecule has 0 radical (unpaired) electrons. The maximum atomic E-state index is 13.8. The van der Waals surface area contributed by atoms with E-state index in [1.165, 1.54) is 37.7 Å². The number of halogens is 3. The summed E-state index contributed by atoms with van der Waals surface area (Å²) in [6.07, 6.45) is 3.09. The molecule has 0 amide bonds. The SMILES string of the molecule is CN(C)c1ncc2nc(-c3cccc(F)c3)n(-c3ccc(Cl)nn3)c2n1.COc1ccc(-n2c(-c3cccc(F)c3)nc3c(N(C)C)ncnc32)nn1. The van der Waals surface area contributed by atoms with Crippen molar-refractivity contribution < 1.29 is 13.5 Å². The van der Waals surface area contributed by atoms with Gasteiger partial charge in [-0.2, -0.15) is 4.98 Å². The third-order valence-corrected chi connectivity index (χ3v) is 7.91. The highest BCUT2D eigenvalue weighted by Crippen LogP contribution is 2.31. The van der Waals surface area contributed by atoms with Gasteiger partial charge in [0.1, 0.15) is 35.1 Å². The summed E-state index contributed by atoms with van der Waals surface area (Å²) in [5, 5.41) is 16.5. The van der Waals surface area contributed by atoms with Gasteiger partial charge in [0.25, 0.3) is 0 Å². The van der Waals surface area contributed by atoms with Gasteiger partial charge in [0.15, 0.2) is 39.4 Å². The van der Waals surface area contributed by atoms with Crippen molar-refractivity contribution in [3.05, 3.63) is 102 Å². The molecular formula is C35H29ClF2N14O. The maximum absolute atomic E-state index is 13.8. The van der Waals surface area contributed by atoms with Crippen LogP contribution in [0.15, 0.2) is 85.3 Å². The summed E-state index contributed by atoms with van der Waals surface area (Å²) in [5.41, 5.74) is 3.42. The lowest BCUT2D eigenvalue weighted by molar-refractivity contribution is 0.391. The first-order valence-electron chi connectivity index (χ1n) is 15.8. The first-order valence-corrected chi connectivity index (χ1v) is 16.2. The first kappa shape index (κ1) is 34.7. The highest BCUT2D eigenvalue weighted by atomic mass is 35.5. The highest BCUT2D eigenvalue weighted by Gasteiger charge is 2.21. The number of aromatic nitrogens is 12. The molecule has 0 saturated carbocycles. The van der Waals surface area contributed by atoms with E-state index in [9.17, 15) is 8.78 Å². The average Bonchev–Trinajstić information content (AvgIpc) is 3.74. The van der Waals surface area contributed by atoms with Gasteiger partial charge in [-0.05, 0) is 42.5 Å². The molecule has 0 saturated heterocycles. The standard InChI is InChI=1S/C18H16FN7O.C17H13ClFN7/c1-25(2)17-15-18(21-10-20-17)26(13-7-8-14(27-3)24-23-13)16(22-15)11-5-4-6-12(19)9-11;1-25(2)17-20-9-12-16(22-17)26(14-7-6-13(18)23-24-14)15(21-12)10-4-3-5-11(19)8-10/h4-10H,1-3H3;3-9H,1-2H3. The fourth-order valence-corrected chi connectivity index (χ4v) is 5.43. The number of hydrogen-bond donors (Lipinski definition) is 0. The van der Waals surface area contributed by atoms with Crippen molar-refractivity contribution in [1.82, 2.24) is 59.4 Å². The van der Waals surface area contributed by atoms with Gasteiger partial charge in [-0.15, -0.1) is 20.4 Å². The van der Waals surface area contributed by atoms with E-state index in [-0.39, 0.29) is 16.8 Å². The van der Waals surface area contributed by atoms with E-state index in [4.69, 9.17) is 21.3 Å². The van der Waals surface area contributed by atoms with Crippen LogP contribution in [0.1, 0.15) is 0 Å². The first-order chi connectivity index (χ1) is 25.6. The molecule has 0 aliphatic rings. The second-order valence-electron chi connectivity index (χ2n) is 11.7. The summed E-state index contributed by atoms with van der Waals surface area (Å²) >= 11 is 5.86. The molecule has 8 rings (SSSR count). The predicted octanol–water partition coefficient (Wildman–Crippen LogP) is 5.62. The topological polar surface area (TPSA) is 154 Å². The molecule has 266 valence electrons. The number of hydrogen-bond acceptors (Lipinski definition) is 13. The van der Waals surface area contributed by atoms with E-state index in [2.05, 4.69) is 45.3 Å². The average molecular weight is 735 g/mol. The zero-order valence-corrected chi connectivity index (χ0v) is 29.6. The minimum Gasteiger partial charge on any atom is -0.480 e. The molecule has 0 spiro atoms. The lowest BCUT2D eigenvalue weighted by Gasteiger charge is -2.11. The number of nitrogens with zero attached hydrogens (tertiary/aromatic N) is 14. The van der Waals surface area contributed by atoms with Crippen LogP contribution in [0.4, 0.5) is 20.5 Å². The fraction of sp³-hybridized carbons (Fsp3) is 0.143. The van der Waals surface area contributed by atoms with Crippen LogP contribution >= 0.6 is 11.6 Å². The number of methoxy groups -OCH3 is 1. The summed E-state index contributed by atoms with van der Waals surface area (Å²) in [4.78, 5) is 30.4. The molecule has 8 aromatic rings. The Hall–Kier alpha value is -6.75. The molecule has 2 aromatic carbocycles. The minimum atomic E-state index is -0.358. The van der Waals surface area contributed by atoms with Crippen LogP contribution in [0, 0.1) is 11.6 Å². The van der Waals surface area contributed by atoms with Crippen LogP contribution in [0.2, 0.25) is 5.15 Å². The summed E-state index contributed by atoms with van der Waals surface area (Å²) in [5.74, 6) is 2.78. The van der Waals surface area contributed by atoms with Gasteiger partial charge >= 0.3 is 0 Å². The van der Waals surface area contributed by atoms with Gasteiger partial charge in [0.05, 0.1) is 13.3 Å². The molecule has 6 aromatic heterocycles. The summed E-state index contributed by atoms with van der Waals surface area (Å²) < 4.78 is 36.1. The molecule has 0 atom stereocenters. The zero-order valence-electron chi connectivity index (χ0n) is 28.9. The van der Waals surface area contributed by atoms with Crippen LogP contribution in [0.25, 0.3) is 56.7 Å². The summed E-state index contributed by atoms with van der Waals surface area (Å²) in [6, 6.07) is 19.1. The number of rotatable bonds is 7. The largest absolute Gasteiger partial charge is 0.480 e. The summed E-state index contributed by atoms with van der Waals surface area (Å²) in [7, 11) is 8.95. The highest BCUT2D eigenvalue weighted by molar-refractivity contribution is 6.29. The van der Waals surface area contributed by atoms with Gasteiger partial charge in [-0.3, -0.25) is 9.13 Å². The smallest absolute Gasteiger partial charge is 0.233 e. The second-order valence-corrected chi connectivity index (χ2v) is 12.1. The van der Waals surface area contributed by atoms with Crippen molar-refractivity contribution in [2.24, 2.45) is 0 Å². The van der Waals surface area contributed by atoms with Crippen LogP contribution in [0.5, 0.6) is 5.88 Å². The van der Waals surface area contributed by atoms with Crippen LogP contribution in [0.3, 0.4) is 0 Å². The molecule has 0 N–H and O–H groups in total. The molecule has 0 aliphatic heterocycles. The van der Waals surface area contributed by atoms with Gasteiger partial charge in [-0.25, -0.2) is 33.7 Å². The molecule has 6 heterocycles. The van der Waals surface area contributed by atoms with Crippen LogP contribution < -0.4 is 14.5 Å². The van der Waals surface area contributed by atoms with Crippen molar-refractivity contribution in [2.45, 2.75) is 0 Å². The number of benzene rings is 2. The quantitative estimate of drug-likeness (QED) is 0.199. The Morgan fingerprint density at radius 1 is 0.660 bits per heavy atom. The van der Waals surface area contributed by atoms with Crippen molar-refractivity contribution in [3.63, 3.8) is 0 Å². The van der Waals surface area contributed by atoms with Gasteiger partial charge in [0.2, 0.25) is 11.8 Å². The number of ether oxygens (including phenoxy) is 1. The Morgan fingerprint density at radius 2 is 1.30 bits per heavy atom. The fourth-order valence-electron chi connectivity index (χ4n) is 5.33. The van der Waals surface area contributed by atoms with Crippen molar-refractivity contribution in [2.75, 3.05) is 45.1 Å². The molecule has 18 heteroatoms. The van der Waals surface area contributed by atoms with Crippen LogP contribution in [-0.2, 0) is 0 Å². The summed E-state index contributed by atoms with van der Waals surface area (Å²) in [6.45, 7) is 0. The molecule has 0 fully saturated rings. The molecule has 0 bridgehead atoms. The molecular weight excluding hydrogens is 706 g/mol. The Morgan fingerprint density at radius 3 is 1.87 bits per heavy atom. The Balaban J connectivity index is 0.000000164. The van der Waals surface area contributed by atoms with Crippen molar-refractivity contribution >= 4 is 45.7 Å². The van der Waals surface area contributed by atoms with E-state index < -0.39 is 0 Å². The zero-order chi connectivity index (χ0) is 37.2. The van der Waals surface area contributed by atoms with E-state index in [1.54, 1.807) is 68.8 Å². The molecule has 15 nitrogen and oxygen atoms in total. The van der Waals surface area contributed by atoms with E-state index >= 15 is 0 Å². The van der Waals surface area contributed by atoms with E-state index in [0.717, 1.165) is 0 Å². The van der Waals surface area contributed by atoms with Crippen LogP contribution in [-0.4, -0.2) is 94.7 Å². The molecule has 53 heavy (non-hydrogen) atoms. The molecule has 0 aliphatic carbocycles. The Kier molecular flexibility index (Phi) is 9.47. The number of anilines is 2. The number of fused-ring (bicyclic) bond motifs is 2. The van der Waals surface area contributed by atoms with Crippen molar-refractivity contribution in [3.8, 4) is 40.3 Å². The lowest BCUT2D eigenvalue weighted by Crippen LogP contribution is -2.13. The normalized spacial score (nSPS) is 11.0. The van der Waals surface area contributed by atoms with Gasteiger partial charge in [-0.1, -0.05) is 35.9 Å². The lowest BCUT2D eigenvalue weighted by atomic mass is 10.2. The second kappa shape index (κ2) is 14.5. The van der Waals surface area contributed by atoms with E-state index in [1.807, 2.05) is 33.1 Å². The Bertz CT molecular complexity index is 2560. The maximum Gasteiger partial charge on any atom is 0.233 e. The monoisotopic (exact) mass is 734 g/mol. The predicted molar refractivity (Wildman–Crippen MR) is 196 cm³/mol. The third-order valence-electron chi connectivity index (χ3n) is 7.71. The molecule has 0 unspecified atom stereocenters. The third kappa shape index (κ3) is 6.96. The van der Waals surface area contributed by atoms with Crippen molar-refractivity contribution in [1.29, 1.82) is 0 Å². The Labute approximate surface area is 305 Å². The minimum absolute atomic E-state index is 0.272. The number of imidazole rings is 2. The van der Waals surface area contributed by atoms with E-state index in [0.29, 0.717) is 74.4 Å².